The third kappa shape index (κ3) is 2.74. The molecule has 0 atom stereocenters. The van der Waals surface area contributed by atoms with Crippen molar-refractivity contribution in [3.8, 4) is 5.75 Å². The Morgan fingerprint density at radius 3 is 2.69 bits per heavy atom. The lowest BCUT2D eigenvalue weighted by molar-refractivity contribution is -0.116. The summed E-state index contributed by atoms with van der Waals surface area (Å²) >= 11 is 5.67. The van der Waals surface area contributed by atoms with Crippen LogP contribution >= 0.6 is 11.6 Å². The molecule has 0 aliphatic heterocycles. The monoisotopic (exact) mass is 198 g/mol. The minimum absolute atomic E-state index is 0.0945. The maximum atomic E-state index is 10.9. The summed E-state index contributed by atoms with van der Waals surface area (Å²) in [5.41, 5.74) is 1.71. The number of hydrogen-bond donors (Lipinski definition) is 1. The normalized spacial score (nSPS) is 10.0. The smallest absolute Gasteiger partial charge is 0.134 e. The highest BCUT2D eigenvalue weighted by Crippen LogP contribution is 2.19. The van der Waals surface area contributed by atoms with E-state index >= 15 is 0 Å². The SMILES string of the molecule is CC(=O)Cc1ccc(O)cc1CCl. The first-order chi connectivity index (χ1) is 6.13. The van der Waals surface area contributed by atoms with E-state index in [1.54, 1.807) is 18.2 Å². The largest absolute Gasteiger partial charge is 0.508 e. The van der Waals surface area contributed by atoms with Crippen LogP contribution in [0.1, 0.15) is 18.1 Å². The first-order valence-electron chi connectivity index (χ1n) is 3.99. The molecule has 1 aromatic carbocycles. The molecule has 0 bridgehead atoms. The molecule has 0 spiro atoms. The van der Waals surface area contributed by atoms with E-state index in [1.165, 1.54) is 6.92 Å². The zero-order valence-electron chi connectivity index (χ0n) is 7.38. The van der Waals surface area contributed by atoms with Crippen molar-refractivity contribution in [3.63, 3.8) is 0 Å². The molecular weight excluding hydrogens is 188 g/mol. The topological polar surface area (TPSA) is 37.3 Å². The number of aromatic hydroxyl groups is 1. The van der Waals surface area contributed by atoms with Gasteiger partial charge in [0.15, 0.2) is 0 Å². The summed E-state index contributed by atoms with van der Waals surface area (Å²) in [6, 6.07) is 4.88. The van der Waals surface area contributed by atoms with Crippen molar-refractivity contribution in [1.29, 1.82) is 0 Å². The molecule has 0 saturated carbocycles. The zero-order valence-corrected chi connectivity index (χ0v) is 8.14. The van der Waals surface area contributed by atoms with E-state index in [0.29, 0.717) is 12.3 Å². The van der Waals surface area contributed by atoms with Gasteiger partial charge in [0.05, 0.1) is 0 Å². The van der Waals surface area contributed by atoms with E-state index < -0.39 is 0 Å². The van der Waals surface area contributed by atoms with Crippen LogP contribution in [0.2, 0.25) is 0 Å². The average molecular weight is 199 g/mol. The molecule has 0 saturated heterocycles. The van der Waals surface area contributed by atoms with Gasteiger partial charge in [-0.2, -0.15) is 0 Å². The van der Waals surface area contributed by atoms with Crippen molar-refractivity contribution in [1.82, 2.24) is 0 Å². The van der Waals surface area contributed by atoms with Gasteiger partial charge in [-0.15, -0.1) is 11.6 Å². The maximum absolute atomic E-state index is 10.9. The second-order valence-electron chi connectivity index (χ2n) is 2.97. The fourth-order valence-electron chi connectivity index (χ4n) is 1.18. The Balaban J connectivity index is 2.99. The number of alkyl halides is 1. The Morgan fingerprint density at radius 2 is 2.15 bits per heavy atom. The van der Waals surface area contributed by atoms with Crippen molar-refractivity contribution >= 4 is 17.4 Å². The van der Waals surface area contributed by atoms with Crippen molar-refractivity contribution in [2.45, 2.75) is 19.2 Å². The number of halogens is 1. The van der Waals surface area contributed by atoms with Gasteiger partial charge in [0.2, 0.25) is 0 Å². The molecule has 0 heterocycles. The van der Waals surface area contributed by atoms with E-state index in [9.17, 15) is 4.79 Å². The third-order valence-corrected chi connectivity index (χ3v) is 2.06. The molecule has 0 radical (unpaired) electrons. The Bertz CT molecular complexity index is 321. The van der Waals surface area contributed by atoms with E-state index in [1.807, 2.05) is 0 Å². The van der Waals surface area contributed by atoms with Crippen LogP contribution in [-0.4, -0.2) is 10.9 Å². The van der Waals surface area contributed by atoms with Crippen LogP contribution in [0.4, 0.5) is 0 Å². The summed E-state index contributed by atoms with van der Waals surface area (Å²) in [5, 5.41) is 9.16. The van der Waals surface area contributed by atoms with Crippen molar-refractivity contribution in [2.24, 2.45) is 0 Å². The van der Waals surface area contributed by atoms with Gasteiger partial charge in [0.1, 0.15) is 11.5 Å². The van der Waals surface area contributed by atoms with Crippen LogP contribution < -0.4 is 0 Å². The third-order valence-electron chi connectivity index (χ3n) is 1.77. The number of rotatable bonds is 3. The number of hydrogen-bond acceptors (Lipinski definition) is 2. The molecule has 1 aromatic rings. The van der Waals surface area contributed by atoms with Crippen LogP contribution in [0.3, 0.4) is 0 Å². The van der Waals surface area contributed by atoms with Gasteiger partial charge in [-0.3, -0.25) is 4.79 Å². The standard InChI is InChI=1S/C10H11ClO2/c1-7(12)4-8-2-3-10(13)5-9(8)6-11/h2-3,5,13H,4,6H2,1H3. The van der Waals surface area contributed by atoms with Crippen LogP contribution in [-0.2, 0) is 17.1 Å². The summed E-state index contributed by atoms with van der Waals surface area (Å²) in [7, 11) is 0. The lowest BCUT2D eigenvalue weighted by atomic mass is 10.0. The maximum Gasteiger partial charge on any atom is 0.134 e. The fourth-order valence-corrected chi connectivity index (χ4v) is 1.43. The molecule has 0 amide bonds. The Labute approximate surface area is 82.2 Å². The lowest BCUT2D eigenvalue weighted by Gasteiger charge is -2.05. The van der Waals surface area contributed by atoms with Crippen LogP contribution in [0.5, 0.6) is 5.75 Å². The molecule has 2 nitrogen and oxygen atoms in total. The Kier molecular flexibility index (Phi) is 3.32. The highest BCUT2D eigenvalue weighted by molar-refractivity contribution is 6.17. The predicted molar refractivity (Wildman–Crippen MR) is 52.0 cm³/mol. The summed E-state index contributed by atoms with van der Waals surface area (Å²) in [5.74, 6) is 0.594. The second kappa shape index (κ2) is 4.28. The fraction of sp³-hybridized carbons (Fsp3) is 0.300. The Hall–Kier alpha value is -1.02. The quantitative estimate of drug-likeness (QED) is 0.757. The number of phenolic OH excluding ortho intramolecular Hbond substituents is 1. The van der Waals surface area contributed by atoms with Crippen LogP contribution in [0, 0.1) is 0 Å². The molecular formula is C10H11ClO2. The molecule has 1 N–H and O–H groups in total. The van der Waals surface area contributed by atoms with Crippen LogP contribution in [0.15, 0.2) is 18.2 Å². The molecule has 1 rings (SSSR count). The number of carbonyl (C=O) groups is 1. The number of benzene rings is 1. The highest BCUT2D eigenvalue weighted by Gasteiger charge is 2.04. The molecule has 0 unspecified atom stereocenters. The van der Waals surface area contributed by atoms with Crippen molar-refractivity contribution < 1.29 is 9.90 Å². The van der Waals surface area contributed by atoms with E-state index in [0.717, 1.165) is 11.1 Å². The lowest BCUT2D eigenvalue weighted by Crippen LogP contribution is -1.99. The molecule has 70 valence electrons. The summed E-state index contributed by atoms with van der Waals surface area (Å²) in [6.07, 6.45) is 0.377. The molecule has 13 heavy (non-hydrogen) atoms. The van der Waals surface area contributed by atoms with E-state index in [4.69, 9.17) is 16.7 Å². The predicted octanol–water partition coefficient (Wildman–Crippen LogP) is 2.26. The minimum atomic E-state index is 0.0945. The van der Waals surface area contributed by atoms with Crippen LogP contribution in [0.25, 0.3) is 0 Å². The first kappa shape index (κ1) is 10.1. The van der Waals surface area contributed by atoms with Gasteiger partial charge < -0.3 is 5.11 Å². The zero-order chi connectivity index (χ0) is 9.84. The van der Waals surface area contributed by atoms with Gasteiger partial charge in [-0.05, 0) is 30.2 Å². The number of ketones is 1. The molecule has 0 fully saturated rings. The average Bonchev–Trinajstić information content (AvgIpc) is 2.07. The molecule has 3 heteroatoms. The number of Topliss-reactive ketones (excluding diaryl/α,β-unsaturated/α-hetero) is 1. The first-order valence-corrected chi connectivity index (χ1v) is 4.53. The molecule has 0 aromatic heterocycles. The van der Waals surface area contributed by atoms with Gasteiger partial charge in [-0.1, -0.05) is 6.07 Å². The van der Waals surface area contributed by atoms with Gasteiger partial charge >= 0.3 is 0 Å². The van der Waals surface area contributed by atoms with Gasteiger partial charge in [0.25, 0.3) is 0 Å². The summed E-state index contributed by atoms with van der Waals surface area (Å²) in [6.45, 7) is 1.53. The second-order valence-corrected chi connectivity index (χ2v) is 3.23. The van der Waals surface area contributed by atoms with E-state index in [2.05, 4.69) is 0 Å². The van der Waals surface area contributed by atoms with Crippen molar-refractivity contribution in [3.05, 3.63) is 29.3 Å². The van der Waals surface area contributed by atoms with Crippen molar-refractivity contribution in [2.75, 3.05) is 0 Å². The molecule has 0 aliphatic carbocycles. The number of carbonyl (C=O) groups excluding carboxylic acids is 1. The van der Waals surface area contributed by atoms with Gasteiger partial charge in [0, 0.05) is 12.3 Å². The molecule has 0 aliphatic rings. The Morgan fingerprint density at radius 1 is 1.46 bits per heavy atom. The van der Waals surface area contributed by atoms with Gasteiger partial charge in [-0.25, -0.2) is 0 Å². The van der Waals surface area contributed by atoms with E-state index in [-0.39, 0.29) is 11.5 Å². The summed E-state index contributed by atoms with van der Waals surface area (Å²) < 4.78 is 0. The highest BCUT2D eigenvalue weighted by atomic mass is 35.5. The summed E-state index contributed by atoms with van der Waals surface area (Å²) in [4.78, 5) is 10.9. The number of phenols is 1. The minimum Gasteiger partial charge on any atom is -0.508 e.